The fourth-order valence-electron chi connectivity index (χ4n) is 1.67. The van der Waals surface area contributed by atoms with E-state index in [1.807, 2.05) is 0 Å². The summed E-state index contributed by atoms with van der Waals surface area (Å²) in [6.07, 6.45) is 1.86. The molecule has 0 aliphatic carbocycles. The van der Waals surface area contributed by atoms with Crippen molar-refractivity contribution in [3.8, 4) is 17.3 Å². The third-order valence-electron chi connectivity index (χ3n) is 2.49. The van der Waals surface area contributed by atoms with Gasteiger partial charge in [0.15, 0.2) is 0 Å². The number of pyridine rings is 1. The summed E-state index contributed by atoms with van der Waals surface area (Å²) < 4.78 is 0. The number of anilines is 1. The molecule has 0 spiro atoms. The second kappa shape index (κ2) is 5.26. The second-order valence-corrected chi connectivity index (χ2v) is 4.60. The van der Waals surface area contributed by atoms with Crippen LogP contribution in [0.25, 0.3) is 11.3 Å². The third kappa shape index (κ3) is 2.56. The molecule has 0 saturated carbocycles. The first-order valence-electron chi connectivity index (χ1n) is 5.18. The number of nitriles is 1. The summed E-state index contributed by atoms with van der Waals surface area (Å²) >= 11 is 11.9. The quantitative estimate of drug-likeness (QED) is 0.910. The Hall–Kier alpha value is -1.76. The molecular formula is C13H9Cl2N3. The summed E-state index contributed by atoms with van der Waals surface area (Å²) in [5.41, 5.74) is 8.56. The van der Waals surface area contributed by atoms with Gasteiger partial charge in [0.05, 0.1) is 23.9 Å². The van der Waals surface area contributed by atoms with Gasteiger partial charge < -0.3 is 5.73 Å². The van der Waals surface area contributed by atoms with Crippen molar-refractivity contribution in [2.45, 2.75) is 6.42 Å². The van der Waals surface area contributed by atoms with Gasteiger partial charge in [-0.1, -0.05) is 23.2 Å². The molecule has 5 heteroatoms. The van der Waals surface area contributed by atoms with Crippen LogP contribution in [0.15, 0.2) is 30.5 Å². The van der Waals surface area contributed by atoms with E-state index in [-0.39, 0.29) is 6.42 Å². The van der Waals surface area contributed by atoms with Crippen molar-refractivity contribution in [2.75, 3.05) is 5.73 Å². The van der Waals surface area contributed by atoms with Crippen LogP contribution in [-0.2, 0) is 6.42 Å². The van der Waals surface area contributed by atoms with Crippen LogP contribution in [0.2, 0.25) is 10.0 Å². The number of aromatic nitrogens is 1. The van der Waals surface area contributed by atoms with Crippen LogP contribution < -0.4 is 5.73 Å². The van der Waals surface area contributed by atoms with Gasteiger partial charge in [0.2, 0.25) is 0 Å². The number of hydrogen-bond acceptors (Lipinski definition) is 3. The highest BCUT2D eigenvalue weighted by Crippen LogP contribution is 2.30. The minimum atomic E-state index is 0.246. The van der Waals surface area contributed by atoms with Crippen molar-refractivity contribution < 1.29 is 0 Å². The molecule has 2 rings (SSSR count). The summed E-state index contributed by atoms with van der Waals surface area (Å²) in [5.74, 6) is 0. The van der Waals surface area contributed by atoms with E-state index in [9.17, 15) is 0 Å². The number of hydrogen-bond donors (Lipinski definition) is 1. The van der Waals surface area contributed by atoms with Gasteiger partial charge in [-0.15, -0.1) is 0 Å². The molecule has 0 radical (unpaired) electrons. The number of rotatable bonds is 2. The van der Waals surface area contributed by atoms with E-state index in [0.717, 1.165) is 11.1 Å². The van der Waals surface area contributed by atoms with Gasteiger partial charge in [-0.05, 0) is 29.8 Å². The van der Waals surface area contributed by atoms with Crippen molar-refractivity contribution in [1.29, 1.82) is 5.26 Å². The number of nitrogens with zero attached hydrogens (tertiary/aromatic N) is 2. The maximum Gasteiger partial charge on any atom is 0.0935 e. The van der Waals surface area contributed by atoms with Crippen molar-refractivity contribution in [3.05, 3.63) is 46.1 Å². The Morgan fingerprint density at radius 3 is 2.50 bits per heavy atom. The molecular weight excluding hydrogens is 269 g/mol. The number of nitrogens with two attached hydrogens (primary N) is 1. The summed E-state index contributed by atoms with van der Waals surface area (Å²) in [4.78, 5) is 4.22. The highest BCUT2D eigenvalue weighted by Gasteiger charge is 2.10. The Labute approximate surface area is 115 Å². The van der Waals surface area contributed by atoms with Gasteiger partial charge in [0.25, 0.3) is 0 Å². The standard InChI is InChI=1S/C13H9Cl2N3/c14-10-5-9(6-11(15)7-10)13-12(17)8(1-3-16)2-4-18-13/h2,4-7H,1,17H2. The molecule has 0 saturated heterocycles. The molecule has 2 aromatic rings. The normalized spacial score (nSPS) is 10.1. The lowest BCUT2D eigenvalue weighted by molar-refractivity contribution is 1.22. The van der Waals surface area contributed by atoms with E-state index in [4.69, 9.17) is 34.2 Å². The monoisotopic (exact) mass is 277 g/mol. The first-order chi connectivity index (χ1) is 8.61. The minimum Gasteiger partial charge on any atom is -0.397 e. The lowest BCUT2D eigenvalue weighted by Crippen LogP contribution is -1.99. The SMILES string of the molecule is N#CCc1ccnc(-c2cc(Cl)cc(Cl)c2)c1N. The molecule has 0 aliphatic heterocycles. The van der Waals surface area contributed by atoms with Crippen molar-refractivity contribution in [2.24, 2.45) is 0 Å². The average Bonchev–Trinajstić information content (AvgIpc) is 2.31. The van der Waals surface area contributed by atoms with Crippen LogP contribution in [0.1, 0.15) is 5.56 Å². The van der Waals surface area contributed by atoms with Crippen LogP contribution >= 0.6 is 23.2 Å². The molecule has 0 unspecified atom stereocenters. The molecule has 18 heavy (non-hydrogen) atoms. The van der Waals surface area contributed by atoms with E-state index in [0.29, 0.717) is 21.4 Å². The summed E-state index contributed by atoms with van der Waals surface area (Å²) in [5, 5.41) is 9.76. The second-order valence-electron chi connectivity index (χ2n) is 3.73. The Bertz CT molecular complexity index is 612. The fourth-order valence-corrected chi connectivity index (χ4v) is 2.20. The molecule has 0 aliphatic rings. The van der Waals surface area contributed by atoms with Gasteiger partial charge >= 0.3 is 0 Å². The average molecular weight is 278 g/mol. The molecule has 0 bridgehead atoms. The Balaban J connectivity index is 2.57. The van der Waals surface area contributed by atoms with E-state index < -0.39 is 0 Å². The molecule has 1 aromatic carbocycles. The molecule has 90 valence electrons. The van der Waals surface area contributed by atoms with Crippen LogP contribution in [0.5, 0.6) is 0 Å². The van der Waals surface area contributed by atoms with Gasteiger partial charge in [0.1, 0.15) is 0 Å². The zero-order valence-electron chi connectivity index (χ0n) is 9.32. The Morgan fingerprint density at radius 2 is 1.89 bits per heavy atom. The first kappa shape index (κ1) is 12.7. The summed E-state index contributed by atoms with van der Waals surface area (Å²) in [7, 11) is 0. The van der Waals surface area contributed by atoms with Crippen LogP contribution in [-0.4, -0.2) is 4.98 Å². The van der Waals surface area contributed by atoms with Gasteiger partial charge in [0, 0.05) is 21.8 Å². The molecule has 2 N–H and O–H groups in total. The van der Waals surface area contributed by atoms with Crippen LogP contribution in [0, 0.1) is 11.3 Å². The molecule has 1 heterocycles. The predicted octanol–water partition coefficient (Wildman–Crippen LogP) is 3.70. The van der Waals surface area contributed by atoms with Crippen molar-refractivity contribution in [3.63, 3.8) is 0 Å². The lowest BCUT2D eigenvalue weighted by Gasteiger charge is -2.09. The molecule has 0 amide bonds. The highest BCUT2D eigenvalue weighted by atomic mass is 35.5. The molecule has 1 aromatic heterocycles. The topological polar surface area (TPSA) is 62.7 Å². The van der Waals surface area contributed by atoms with Gasteiger partial charge in [-0.2, -0.15) is 5.26 Å². The van der Waals surface area contributed by atoms with E-state index in [1.54, 1.807) is 30.5 Å². The number of halogens is 2. The maximum absolute atomic E-state index is 8.73. The zero-order chi connectivity index (χ0) is 13.1. The van der Waals surface area contributed by atoms with Crippen LogP contribution in [0.4, 0.5) is 5.69 Å². The van der Waals surface area contributed by atoms with Crippen molar-refractivity contribution >= 4 is 28.9 Å². The highest BCUT2D eigenvalue weighted by molar-refractivity contribution is 6.35. The summed E-state index contributed by atoms with van der Waals surface area (Å²) in [6, 6.07) is 8.91. The lowest BCUT2D eigenvalue weighted by atomic mass is 10.1. The van der Waals surface area contributed by atoms with E-state index in [2.05, 4.69) is 11.1 Å². The molecule has 3 nitrogen and oxygen atoms in total. The largest absolute Gasteiger partial charge is 0.397 e. The fraction of sp³-hybridized carbons (Fsp3) is 0.0769. The molecule has 0 atom stereocenters. The number of nitrogen functional groups attached to an aromatic ring is 1. The maximum atomic E-state index is 8.73. The van der Waals surface area contributed by atoms with E-state index in [1.165, 1.54) is 0 Å². The van der Waals surface area contributed by atoms with Crippen LogP contribution in [0.3, 0.4) is 0 Å². The predicted molar refractivity (Wildman–Crippen MR) is 73.4 cm³/mol. The Kier molecular flexibility index (Phi) is 3.71. The smallest absolute Gasteiger partial charge is 0.0935 e. The first-order valence-corrected chi connectivity index (χ1v) is 5.94. The third-order valence-corrected chi connectivity index (χ3v) is 2.92. The van der Waals surface area contributed by atoms with E-state index >= 15 is 0 Å². The summed E-state index contributed by atoms with van der Waals surface area (Å²) in [6.45, 7) is 0. The zero-order valence-corrected chi connectivity index (χ0v) is 10.8. The Morgan fingerprint density at radius 1 is 1.22 bits per heavy atom. The van der Waals surface area contributed by atoms with Crippen molar-refractivity contribution in [1.82, 2.24) is 4.98 Å². The van der Waals surface area contributed by atoms with Gasteiger partial charge in [-0.3, -0.25) is 4.98 Å². The van der Waals surface area contributed by atoms with Gasteiger partial charge in [-0.25, -0.2) is 0 Å². The number of benzene rings is 1. The minimum absolute atomic E-state index is 0.246. The molecule has 0 fully saturated rings.